The Labute approximate surface area is 162 Å². The van der Waals surface area contributed by atoms with Crippen molar-refractivity contribution >= 4 is 11.7 Å². The third kappa shape index (κ3) is 3.44. The Hall–Kier alpha value is -2.62. The van der Waals surface area contributed by atoms with E-state index in [-0.39, 0.29) is 0 Å². The lowest BCUT2D eigenvalue weighted by molar-refractivity contribution is -0.166. The Balaban J connectivity index is 1.48. The van der Waals surface area contributed by atoms with Crippen molar-refractivity contribution in [2.75, 3.05) is 19.0 Å². The van der Waals surface area contributed by atoms with Crippen LogP contribution < -0.4 is 15.4 Å². The van der Waals surface area contributed by atoms with E-state index in [2.05, 4.69) is 15.7 Å². The summed E-state index contributed by atoms with van der Waals surface area (Å²) in [6.45, 7) is 4.09. The van der Waals surface area contributed by atoms with E-state index < -0.39 is 36.6 Å². The molecule has 0 saturated carbocycles. The van der Waals surface area contributed by atoms with Crippen LogP contribution in [0.2, 0.25) is 0 Å². The van der Waals surface area contributed by atoms with Crippen molar-refractivity contribution in [1.82, 2.24) is 15.1 Å². The van der Waals surface area contributed by atoms with Gasteiger partial charge < -0.3 is 30.0 Å². The number of aliphatic hydroxyl groups is 1. The average Bonchev–Trinajstić information content (AvgIpc) is 3.24. The summed E-state index contributed by atoms with van der Waals surface area (Å²) in [6, 6.07) is 7.29. The highest BCUT2D eigenvalue weighted by Gasteiger charge is 2.52. The minimum atomic E-state index is -0.911. The highest BCUT2D eigenvalue weighted by molar-refractivity contribution is 5.89. The second-order valence-electron chi connectivity index (χ2n) is 7.08. The molecule has 2 aromatic rings. The first-order valence-electron chi connectivity index (χ1n) is 9.15. The first-order chi connectivity index (χ1) is 13.5. The zero-order valence-corrected chi connectivity index (χ0v) is 16.0. The molecule has 4 rings (SSSR count). The van der Waals surface area contributed by atoms with Crippen LogP contribution in [-0.2, 0) is 9.47 Å². The van der Waals surface area contributed by atoms with Crippen LogP contribution in [0.1, 0.15) is 17.4 Å². The predicted octanol–water partition coefficient (Wildman–Crippen LogP) is 1.36. The highest BCUT2D eigenvalue weighted by atomic mass is 16.7. The van der Waals surface area contributed by atoms with Crippen molar-refractivity contribution in [1.29, 1.82) is 0 Å². The number of urea groups is 1. The molecule has 3 N–H and O–H groups in total. The van der Waals surface area contributed by atoms with Crippen LogP contribution in [-0.4, -0.2) is 59.2 Å². The summed E-state index contributed by atoms with van der Waals surface area (Å²) in [5.74, 6) is 0.698. The van der Waals surface area contributed by atoms with Gasteiger partial charge in [-0.15, -0.1) is 0 Å². The quantitative estimate of drug-likeness (QED) is 0.730. The van der Waals surface area contributed by atoms with Gasteiger partial charge in [0.05, 0.1) is 25.5 Å². The van der Waals surface area contributed by atoms with Crippen LogP contribution in [0, 0.1) is 13.8 Å². The standard InChI is InChI=1S/C19H24N4O5/c1-10-8-11(2)23(22-10)16-17(24)15(14-9-27-18(16)28-14)21-19(25)20-12-4-6-13(26-3)7-5-12/h4-8,14-18,24H,9H2,1-3H3,(H2,20,21,25)/t14-,15-,16-,17+,18-/m1/s1. The van der Waals surface area contributed by atoms with E-state index in [1.54, 1.807) is 36.1 Å². The van der Waals surface area contributed by atoms with Crippen molar-refractivity contribution in [3.05, 3.63) is 41.7 Å². The zero-order chi connectivity index (χ0) is 19.8. The summed E-state index contributed by atoms with van der Waals surface area (Å²) in [5.41, 5.74) is 2.34. The molecule has 2 fully saturated rings. The molecule has 9 nitrogen and oxygen atoms in total. The summed E-state index contributed by atoms with van der Waals surface area (Å²) in [7, 11) is 1.58. The number of carbonyl (C=O) groups is 1. The SMILES string of the molecule is COc1ccc(NC(=O)N[C@H]2[C@H](O)[C@@H](n3nc(C)cc3C)[C@@H]3OC[C@H]2O3)cc1. The van der Waals surface area contributed by atoms with Gasteiger partial charge in [-0.3, -0.25) is 4.68 Å². The van der Waals surface area contributed by atoms with E-state index in [4.69, 9.17) is 14.2 Å². The number of hydrogen-bond donors (Lipinski definition) is 3. The topological polar surface area (TPSA) is 107 Å². The number of ether oxygens (including phenoxy) is 3. The Morgan fingerprint density at radius 3 is 2.71 bits per heavy atom. The number of aliphatic hydroxyl groups excluding tert-OH is 1. The van der Waals surface area contributed by atoms with Crippen molar-refractivity contribution in [2.45, 2.75) is 44.4 Å². The molecule has 2 aliphatic rings. The second kappa shape index (κ2) is 7.42. The van der Waals surface area contributed by atoms with Crippen molar-refractivity contribution in [3.63, 3.8) is 0 Å². The summed E-state index contributed by atoms with van der Waals surface area (Å²) in [6.07, 6.45) is -1.93. The van der Waals surface area contributed by atoms with Crippen molar-refractivity contribution in [3.8, 4) is 5.75 Å². The lowest BCUT2D eigenvalue weighted by atomic mass is 9.96. The molecule has 3 heterocycles. The smallest absolute Gasteiger partial charge is 0.319 e. The van der Waals surface area contributed by atoms with Crippen LogP contribution in [0.5, 0.6) is 5.75 Å². The van der Waals surface area contributed by atoms with Crippen molar-refractivity contribution < 1.29 is 24.1 Å². The lowest BCUT2D eigenvalue weighted by Crippen LogP contribution is -2.59. The maximum absolute atomic E-state index is 12.5. The van der Waals surface area contributed by atoms with Crippen LogP contribution in [0.15, 0.2) is 30.3 Å². The molecule has 150 valence electrons. The molecule has 2 bridgehead atoms. The number of methoxy groups -OCH3 is 1. The molecule has 2 aliphatic heterocycles. The third-order valence-electron chi connectivity index (χ3n) is 5.10. The number of hydrogen-bond acceptors (Lipinski definition) is 6. The fraction of sp³-hybridized carbons (Fsp3) is 0.474. The molecule has 0 aliphatic carbocycles. The minimum Gasteiger partial charge on any atom is -0.497 e. The van der Waals surface area contributed by atoms with Gasteiger partial charge in [0.25, 0.3) is 0 Å². The molecular formula is C19H24N4O5. The Kier molecular flexibility index (Phi) is 4.96. The Morgan fingerprint density at radius 1 is 1.32 bits per heavy atom. The van der Waals surface area contributed by atoms with E-state index in [0.29, 0.717) is 18.0 Å². The first kappa shape index (κ1) is 18.7. The van der Waals surface area contributed by atoms with E-state index in [9.17, 15) is 9.90 Å². The van der Waals surface area contributed by atoms with E-state index in [0.717, 1.165) is 11.4 Å². The summed E-state index contributed by atoms with van der Waals surface area (Å²) < 4.78 is 18.4. The first-order valence-corrected chi connectivity index (χ1v) is 9.15. The number of anilines is 1. The molecule has 2 amide bonds. The molecule has 28 heavy (non-hydrogen) atoms. The third-order valence-corrected chi connectivity index (χ3v) is 5.10. The molecule has 2 saturated heterocycles. The summed E-state index contributed by atoms with van der Waals surface area (Å²) in [5, 5.41) is 21.0. The number of nitrogens with zero attached hydrogens (tertiary/aromatic N) is 2. The van der Waals surface area contributed by atoms with E-state index >= 15 is 0 Å². The maximum Gasteiger partial charge on any atom is 0.319 e. The molecular weight excluding hydrogens is 364 g/mol. The number of fused-ring (bicyclic) bond motifs is 2. The molecule has 1 aromatic carbocycles. The number of nitrogens with one attached hydrogen (secondary N) is 2. The maximum atomic E-state index is 12.5. The van der Waals surface area contributed by atoms with E-state index in [1.165, 1.54) is 0 Å². The number of aryl methyl sites for hydroxylation is 2. The van der Waals surface area contributed by atoms with Gasteiger partial charge in [0, 0.05) is 11.4 Å². The summed E-state index contributed by atoms with van der Waals surface area (Å²) in [4.78, 5) is 12.5. The van der Waals surface area contributed by atoms with Crippen LogP contribution in [0.3, 0.4) is 0 Å². The molecule has 0 unspecified atom stereocenters. The zero-order valence-electron chi connectivity index (χ0n) is 16.0. The fourth-order valence-electron chi connectivity index (χ4n) is 3.78. The number of rotatable bonds is 4. The molecule has 9 heteroatoms. The monoisotopic (exact) mass is 388 g/mol. The minimum absolute atomic E-state index is 0.297. The molecule has 0 spiro atoms. The van der Waals surface area contributed by atoms with Crippen LogP contribution in [0.4, 0.5) is 10.5 Å². The van der Waals surface area contributed by atoms with Gasteiger partial charge in [-0.1, -0.05) is 0 Å². The van der Waals surface area contributed by atoms with Crippen LogP contribution >= 0.6 is 0 Å². The molecule has 0 radical (unpaired) electrons. The number of amides is 2. The van der Waals surface area contributed by atoms with Gasteiger partial charge in [0.2, 0.25) is 0 Å². The van der Waals surface area contributed by atoms with E-state index in [1.807, 2.05) is 19.9 Å². The molecule has 5 atom stereocenters. The average molecular weight is 388 g/mol. The Bertz CT molecular complexity index is 853. The second-order valence-corrected chi connectivity index (χ2v) is 7.08. The lowest BCUT2D eigenvalue weighted by Gasteiger charge is -2.39. The van der Waals surface area contributed by atoms with Crippen molar-refractivity contribution in [2.24, 2.45) is 0 Å². The van der Waals surface area contributed by atoms with Crippen LogP contribution in [0.25, 0.3) is 0 Å². The largest absolute Gasteiger partial charge is 0.497 e. The van der Waals surface area contributed by atoms with Gasteiger partial charge in [-0.05, 0) is 44.2 Å². The Morgan fingerprint density at radius 2 is 2.07 bits per heavy atom. The van der Waals surface area contributed by atoms with Gasteiger partial charge in [-0.2, -0.15) is 5.10 Å². The highest BCUT2D eigenvalue weighted by Crippen LogP contribution is 2.36. The fourth-order valence-corrected chi connectivity index (χ4v) is 3.78. The van der Waals surface area contributed by atoms with Gasteiger partial charge in [0.1, 0.15) is 24.0 Å². The summed E-state index contributed by atoms with van der Waals surface area (Å²) >= 11 is 0. The predicted molar refractivity (Wildman–Crippen MR) is 100 cm³/mol. The van der Waals surface area contributed by atoms with Gasteiger partial charge in [-0.25, -0.2) is 4.79 Å². The number of carbonyl (C=O) groups excluding carboxylic acids is 1. The van der Waals surface area contributed by atoms with Gasteiger partial charge in [0.15, 0.2) is 6.29 Å². The normalized spacial score (nSPS) is 28.8. The number of benzene rings is 1. The number of aromatic nitrogens is 2. The molecule has 1 aromatic heterocycles. The van der Waals surface area contributed by atoms with Gasteiger partial charge >= 0.3 is 6.03 Å².